The number of hydrogen-bond acceptors (Lipinski definition) is 5. The summed E-state index contributed by atoms with van der Waals surface area (Å²) in [4.78, 5) is 33.1. The minimum absolute atomic E-state index is 0.0588. The van der Waals surface area contributed by atoms with Crippen LogP contribution in [-0.4, -0.2) is 31.8 Å². The quantitative estimate of drug-likeness (QED) is 0.496. The second-order valence-electron chi connectivity index (χ2n) is 6.77. The second-order valence-corrected chi connectivity index (χ2v) is 8.42. The molecule has 9 heteroatoms. The first-order valence-corrected chi connectivity index (χ1v) is 10.00. The van der Waals surface area contributed by atoms with E-state index in [9.17, 15) is 9.59 Å². The standard InChI is InChI=1S/C19H19ClN4O3S/c1-11-9-24-15(12(2)21-18(24)28-11)10-22(3)17(25)6-7-23-14-5-4-13(20)8-16(14)27-19(23)26/h4-5,8-9H,6-7,10H2,1-3H3. The number of aromatic nitrogens is 3. The number of imidazole rings is 1. The SMILES string of the molecule is Cc1cn2c(CN(C)C(=O)CCn3c(=O)oc4cc(Cl)ccc43)c(C)nc2s1. The van der Waals surface area contributed by atoms with Crippen LogP contribution in [0.1, 0.15) is 22.7 Å². The maximum Gasteiger partial charge on any atom is 0.419 e. The minimum Gasteiger partial charge on any atom is -0.408 e. The van der Waals surface area contributed by atoms with Gasteiger partial charge in [0.1, 0.15) is 0 Å². The molecule has 4 aromatic rings. The van der Waals surface area contributed by atoms with E-state index < -0.39 is 5.76 Å². The average molecular weight is 419 g/mol. The molecule has 146 valence electrons. The van der Waals surface area contributed by atoms with Gasteiger partial charge in [0.15, 0.2) is 10.5 Å². The van der Waals surface area contributed by atoms with Gasteiger partial charge in [-0.3, -0.25) is 13.8 Å². The van der Waals surface area contributed by atoms with Gasteiger partial charge in [-0.2, -0.15) is 0 Å². The van der Waals surface area contributed by atoms with Gasteiger partial charge in [-0.15, -0.1) is 11.3 Å². The van der Waals surface area contributed by atoms with E-state index >= 15 is 0 Å². The number of nitrogens with zero attached hydrogens (tertiary/aromatic N) is 4. The number of carbonyl (C=O) groups is 1. The van der Waals surface area contributed by atoms with Crippen molar-refractivity contribution in [2.45, 2.75) is 33.4 Å². The van der Waals surface area contributed by atoms with Crippen LogP contribution in [0.15, 0.2) is 33.6 Å². The van der Waals surface area contributed by atoms with Crippen LogP contribution in [0.25, 0.3) is 16.1 Å². The van der Waals surface area contributed by atoms with Gasteiger partial charge in [-0.05, 0) is 26.0 Å². The van der Waals surface area contributed by atoms with Crippen molar-refractivity contribution in [3.8, 4) is 0 Å². The smallest absolute Gasteiger partial charge is 0.408 e. The average Bonchev–Trinajstić information content (AvgIpc) is 3.23. The molecule has 3 heterocycles. The molecule has 0 saturated carbocycles. The molecule has 0 atom stereocenters. The van der Waals surface area contributed by atoms with Crippen LogP contribution in [0.2, 0.25) is 5.02 Å². The zero-order chi connectivity index (χ0) is 20.0. The Kier molecular flexibility index (Phi) is 4.76. The Labute approximate surface area is 169 Å². The molecule has 7 nitrogen and oxygen atoms in total. The first kappa shape index (κ1) is 18.8. The van der Waals surface area contributed by atoms with Gasteiger partial charge in [-0.25, -0.2) is 9.78 Å². The normalized spacial score (nSPS) is 11.6. The van der Waals surface area contributed by atoms with Crippen molar-refractivity contribution >= 4 is 44.9 Å². The summed E-state index contributed by atoms with van der Waals surface area (Å²) in [7, 11) is 1.76. The number of rotatable bonds is 5. The number of amides is 1. The van der Waals surface area contributed by atoms with Gasteiger partial charge >= 0.3 is 5.76 Å². The Balaban J connectivity index is 1.49. The zero-order valence-corrected chi connectivity index (χ0v) is 17.3. The third-order valence-electron chi connectivity index (χ3n) is 4.73. The van der Waals surface area contributed by atoms with E-state index in [1.807, 2.05) is 24.4 Å². The van der Waals surface area contributed by atoms with Crippen molar-refractivity contribution in [1.29, 1.82) is 0 Å². The Hall–Kier alpha value is -2.58. The highest BCUT2D eigenvalue weighted by atomic mass is 35.5. The Bertz CT molecular complexity index is 1250. The van der Waals surface area contributed by atoms with Crippen molar-refractivity contribution in [2.75, 3.05) is 7.05 Å². The third-order valence-corrected chi connectivity index (χ3v) is 5.87. The lowest BCUT2D eigenvalue weighted by Crippen LogP contribution is -2.29. The number of aryl methyl sites for hydroxylation is 3. The van der Waals surface area contributed by atoms with E-state index in [2.05, 4.69) is 4.98 Å². The largest absolute Gasteiger partial charge is 0.419 e. The van der Waals surface area contributed by atoms with E-state index in [1.165, 1.54) is 9.44 Å². The molecule has 0 aliphatic carbocycles. The summed E-state index contributed by atoms with van der Waals surface area (Å²) in [5, 5.41) is 0.496. The van der Waals surface area contributed by atoms with Gasteiger partial charge in [0.05, 0.1) is 23.4 Å². The fourth-order valence-corrected chi connectivity index (χ4v) is 4.31. The summed E-state index contributed by atoms with van der Waals surface area (Å²) in [6.07, 6.45) is 2.23. The van der Waals surface area contributed by atoms with Gasteiger partial charge in [0.25, 0.3) is 0 Å². The maximum absolute atomic E-state index is 12.7. The van der Waals surface area contributed by atoms with E-state index in [0.717, 1.165) is 16.3 Å². The molecule has 1 amide bonds. The molecule has 1 aromatic carbocycles. The number of hydrogen-bond donors (Lipinski definition) is 0. The van der Waals surface area contributed by atoms with Crippen molar-refractivity contribution in [1.82, 2.24) is 18.9 Å². The number of halogens is 1. The number of thiazole rings is 1. The molecule has 0 aliphatic rings. The predicted molar refractivity (Wildman–Crippen MR) is 109 cm³/mol. The number of carbonyl (C=O) groups excluding carboxylic acids is 1. The summed E-state index contributed by atoms with van der Waals surface area (Å²) in [5.41, 5.74) is 2.96. The second kappa shape index (κ2) is 7.10. The molecule has 0 saturated heterocycles. The summed E-state index contributed by atoms with van der Waals surface area (Å²) >= 11 is 7.56. The molecular weight excluding hydrogens is 400 g/mol. The highest BCUT2D eigenvalue weighted by molar-refractivity contribution is 7.17. The molecule has 0 spiro atoms. The number of oxazole rings is 1. The van der Waals surface area contributed by atoms with Gasteiger partial charge in [0.2, 0.25) is 5.91 Å². The summed E-state index contributed by atoms with van der Waals surface area (Å²) in [5.74, 6) is -0.550. The van der Waals surface area contributed by atoms with E-state index in [4.69, 9.17) is 16.0 Å². The van der Waals surface area contributed by atoms with Crippen LogP contribution in [0.5, 0.6) is 0 Å². The Morgan fingerprint density at radius 1 is 1.36 bits per heavy atom. The first-order chi connectivity index (χ1) is 13.3. The maximum atomic E-state index is 12.7. The lowest BCUT2D eigenvalue weighted by atomic mass is 10.3. The molecule has 0 radical (unpaired) electrons. The van der Waals surface area contributed by atoms with Crippen molar-refractivity contribution < 1.29 is 9.21 Å². The predicted octanol–water partition coefficient (Wildman–Crippen LogP) is 3.62. The molecule has 28 heavy (non-hydrogen) atoms. The molecular formula is C19H19ClN4O3S. The van der Waals surface area contributed by atoms with Crippen LogP contribution < -0.4 is 5.76 Å². The molecule has 0 N–H and O–H groups in total. The molecule has 0 fully saturated rings. The minimum atomic E-state index is -0.491. The van der Waals surface area contributed by atoms with Crippen LogP contribution in [0.4, 0.5) is 0 Å². The Morgan fingerprint density at radius 2 is 2.14 bits per heavy atom. The highest BCUT2D eigenvalue weighted by Gasteiger charge is 2.17. The summed E-state index contributed by atoms with van der Waals surface area (Å²) < 4.78 is 8.71. The third kappa shape index (κ3) is 3.33. The molecule has 3 aromatic heterocycles. The van der Waals surface area contributed by atoms with Gasteiger partial charge in [-0.1, -0.05) is 11.6 Å². The van der Waals surface area contributed by atoms with Gasteiger partial charge < -0.3 is 9.32 Å². The zero-order valence-electron chi connectivity index (χ0n) is 15.7. The van der Waals surface area contributed by atoms with Gasteiger partial charge in [0, 0.05) is 42.2 Å². The summed E-state index contributed by atoms with van der Waals surface area (Å²) in [6, 6.07) is 5.01. The van der Waals surface area contributed by atoms with Crippen LogP contribution >= 0.6 is 22.9 Å². The number of benzene rings is 1. The fraction of sp³-hybridized carbons (Fsp3) is 0.316. The van der Waals surface area contributed by atoms with Crippen molar-refractivity contribution in [2.24, 2.45) is 0 Å². The topological polar surface area (TPSA) is 72.8 Å². The van der Waals surface area contributed by atoms with E-state index in [-0.39, 0.29) is 18.9 Å². The monoisotopic (exact) mass is 418 g/mol. The lowest BCUT2D eigenvalue weighted by molar-refractivity contribution is -0.130. The van der Waals surface area contributed by atoms with E-state index in [0.29, 0.717) is 22.7 Å². The van der Waals surface area contributed by atoms with Crippen molar-refractivity contribution in [3.63, 3.8) is 0 Å². The number of fused-ring (bicyclic) bond motifs is 2. The first-order valence-electron chi connectivity index (χ1n) is 8.80. The van der Waals surface area contributed by atoms with Crippen LogP contribution in [-0.2, 0) is 17.9 Å². The van der Waals surface area contributed by atoms with Crippen molar-refractivity contribution in [3.05, 3.63) is 56.2 Å². The summed E-state index contributed by atoms with van der Waals surface area (Å²) in [6.45, 7) is 4.69. The lowest BCUT2D eigenvalue weighted by Gasteiger charge is -2.17. The molecule has 0 aliphatic heterocycles. The molecule has 0 bridgehead atoms. The molecule has 4 rings (SSSR count). The Morgan fingerprint density at radius 3 is 2.93 bits per heavy atom. The molecule has 0 unspecified atom stereocenters. The van der Waals surface area contributed by atoms with Crippen LogP contribution in [0, 0.1) is 13.8 Å². The van der Waals surface area contributed by atoms with E-state index in [1.54, 1.807) is 41.5 Å². The van der Waals surface area contributed by atoms with Crippen LogP contribution in [0.3, 0.4) is 0 Å². The fourth-order valence-electron chi connectivity index (χ4n) is 3.26. The highest BCUT2D eigenvalue weighted by Crippen LogP contribution is 2.22.